The summed E-state index contributed by atoms with van der Waals surface area (Å²) < 4.78 is 5.52. The minimum Gasteiger partial charge on any atom is -0.496 e. The first-order valence-corrected chi connectivity index (χ1v) is 8.50. The van der Waals surface area contributed by atoms with E-state index in [1.807, 2.05) is 32.0 Å². The number of hydrogen-bond donors (Lipinski definition) is 3. The predicted octanol–water partition coefficient (Wildman–Crippen LogP) is 4.47. The number of aromatic nitrogens is 1. The Balaban J connectivity index is 2.18. The van der Waals surface area contributed by atoms with Crippen LogP contribution < -0.4 is 4.74 Å². The van der Waals surface area contributed by atoms with Gasteiger partial charge in [-0.1, -0.05) is 37.6 Å². The van der Waals surface area contributed by atoms with E-state index in [2.05, 4.69) is 4.98 Å². The topological polar surface area (TPSA) is 82.5 Å². The fraction of sp³-hybridized carbons (Fsp3) is 0.250. The lowest BCUT2D eigenvalue weighted by molar-refractivity contribution is 0.0699. The first-order valence-electron chi connectivity index (χ1n) is 8.12. The third-order valence-electron chi connectivity index (χ3n) is 4.64. The van der Waals surface area contributed by atoms with E-state index in [0.29, 0.717) is 27.2 Å². The molecule has 0 unspecified atom stereocenters. The summed E-state index contributed by atoms with van der Waals surface area (Å²) in [7, 11) is 1.58. The monoisotopic (exact) mass is 373 g/mol. The zero-order chi connectivity index (χ0) is 19.1. The van der Waals surface area contributed by atoms with Crippen LogP contribution in [0, 0.1) is 0 Å². The van der Waals surface area contributed by atoms with Gasteiger partial charge in [0, 0.05) is 33.6 Å². The van der Waals surface area contributed by atoms with E-state index >= 15 is 0 Å². The largest absolute Gasteiger partial charge is 0.496 e. The molecule has 136 valence electrons. The van der Waals surface area contributed by atoms with Crippen LogP contribution in [-0.2, 0) is 5.41 Å². The van der Waals surface area contributed by atoms with Crippen LogP contribution in [0.25, 0.3) is 22.0 Å². The van der Waals surface area contributed by atoms with Crippen molar-refractivity contribution in [2.24, 2.45) is 0 Å². The van der Waals surface area contributed by atoms with Crippen molar-refractivity contribution in [2.75, 3.05) is 13.7 Å². The number of carboxylic acids is 1. The molecule has 0 fully saturated rings. The zero-order valence-corrected chi connectivity index (χ0v) is 15.5. The Hall–Kier alpha value is -2.50. The summed E-state index contributed by atoms with van der Waals surface area (Å²) in [6.45, 7) is 3.85. The Morgan fingerprint density at radius 2 is 2.00 bits per heavy atom. The van der Waals surface area contributed by atoms with Gasteiger partial charge in [0.15, 0.2) is 0 Å². The number of hydrogen-bond acceptors (Lipinski definition) is 3. The van der Waals surface area contributed by atoms with Crippen LogP contribution in [0.3, 0.4) is 0 Å². The smallest absolute Gasteiger partial charge is 0.337 e. The fourth-order valence-corrected chi connectivity index (χ4v) is 3.32. The highest BCUT2D eigenvalue weighted by atomic mass is 35.5. The Morgan fingerprint density at radius 1 is 1.27 bits per heavy atom. The van der Waals surface area contributed by atoms with Crippen LogP contribution in [0.15, 0.2) is 36.5 Å². The Morgan fingerprint density at radius 3 is 2.62 bits per heavy atom. The molecule has 26 heavy (non-hydrogen) atoms. The number of H-pyrrole nitrogens is 1. The normalized spacial score (nSPS) is 11.7. The van der Waals surface area contributed by atoms with Gasteiger partial charge < -0.3 is 19.9 Å². The molecular formula is C20H20ClNO4. The van der Waals surface area contributed by atoms with Gasteiger partial charge in [-0.3, -0.25) is 0 Å². The Kier molecular flexibility index (Phi) is 4.69. The predicted molar refractivity (Wildman–Crippen MR) is 102 cm³/mol. The van der Waals surface area contributed by atoms with Gasteiger partial charge in [-0.15, -0.1) is 0 Å². The molecule has 6 heteroatoms. The van der Waals surface area contributed by atoms with Gasteiger partial charge in [0.25, 0.3) is 0 Å². The van der Waals surface area contributed by atoms with E-state index < -0.39 is 11.4 Å². The standard InChI is InChI=1S/C20H20ClNO4/c1-20(2,10-23)15-5-4-11(6-18(15)26-3)12-7-13-14(19(24)25)9-22-17(13)8-16(12)21/h4-9,22-23H,10H2,1-3H3,(H,24,25). The second-order valence-corrected chi connectivity index (χ2v) is 7.25. The summed E-state index contributed by atoms with van der Waals surface area (Å²) in [6, 6.07) is 9.14. The maximum Gasteiger partial charge on any atom is 0.337 e. The first-order chi connectivity index (χ1) is 12.3. The molecule has 0 amide bonds. The highest BCUT2D eigenvalue weighted by molar-refractivity contribution is 6.34. The Bertz CT molecular complexity index is 991. The lowest BCUT2D eigenvalue weighted by Gasteiger charge is -2.25. The quantitative estimate of drug-likeness (QED) is 0.616. The van der Waals surface area contributed by atoms with Gasteiger partial charge >= 0.3 is 5.97 Å². The number of rotatable bonds is 5. The molecule has 3 aromatic rings. The van der Waals surface area contributed by atoms with Crippen LogP contribution in [0.4, 0.5) is 0 Å². The molecule has 0 bridgehead atoms. The number of ether oxygens (including phenoxy) is 1. The number of methoxy groups -OCH3 is 1. The van der Waals surface area contributed by atoms with Gasteiger partial charge in [-0.05, 0) is 23.8 Å². The fourth-order valence-electron chi connectivity index (χ4n) is 3.04. The number of aliphatic hydroxyl groups excluding tert-OH is 1. The molecule has 0 spiro atoms. The number of aliphatic hydroxyl groups is 1. The van der Waals surface area contributed by atoms with E-state index in [1.54, 1.807) is 19.2 Å². The number of carboxylic acid groups (broad SMARTS) is 1. The summed E-state index contributed by atoms with van der Waals surface area (Å²) in [6.07, 6.45) is 1.46. The number of benzene rings is 2. The number of halogens is 1. The van der Waals surface area contributed by atoms with E-state index in [-0.39, 0.29) is 12.2 Å². The Labute approximate surface area is 156 Å². The minimum absolute atomic E-state index is 0.0132. The van der Waals surface area contributed by atoms with Gasteiger partial charge in [0.05, 0.1) is 24.3 Å². The van der Waals surface area contributed by atoms with Gasteiger partial charge in [-0.25, -0.2) is 4.79 Å². The summed E-state index contributed by atoms with van der Waals surface area (Å²) in [5.74, 6) is -0.354. The highest BCUT2D eigenvalue weighted by Crippen LogP contribution is 2.38. The second kappa shape index (κ2) is 6.67. The molecule has 3 N–H and O–H groups in total. The third-order valence-corrected chi connectivity index (χ3v) is 4.95. The SMILES string of the molecule is COc1cc(-c2cc3c(C(=O)O)c[nH]c3cc2Cl)ccc1C(C)(C)CO. The van der Waals surface area contributed by atoms with Gasteiger partial charge in [0.1, 0.15) is 5.75 Å². The third kappa shape index (κ3) is 3.04. The van der Waals surface area contributed by atoms with Crippen LogP contribution in [0.1, 0.15) is 29.8 Å². The summed E-state index contributed by atoms with van der Waals surface area (Å²) in [4.78, 5) is 14.3. The molecule has 0 atom stereocenters. The lowest BCUT2D eigenvalue weighted by Crippen LogP contribution is -2.22. The van der Waals surface area contributed by atoms with Crippen LogP contribution in [0.2, 0.25) is 5.02 Å². The molecular weight excluding hydrogens is 354 g/mol. The van der Waals surface area contributed by atoms with Gasteiger partial charge in [-0.2, -0.15) is 0 Å². The number of aromatic amines is 1. The highest BCUT2D eigenvalue weighted by Gasteiger charge is 2.24. The van der Waals surface area contributed by atoms with E-state index in [0.717, 1.165) is 11.1 Å². The van der Waals surface area contributed by atoms with Crippen molar-refractivity contribution in [2.45, 2.75) is 19.3 Å². The van der Waals surface area contributed by atoms with Crippen molar-refractivity contribution >= 4 is 28.5 Å². The van der Waals surface area contributed by atoms with Crippen LogP contribution >= 0.6 is 11.6 Å². The molecule has 0 saturated heterocycles. The van der Waals surface area contributed by atoms with Crippen molar-refractivity contribution in [3.05, 3.63) is 52.7 Å². The van der Waals surface area contributed by atoms with Crippen molar-refractivity contribution < 1.29 is 19.7 Å². The zero-order valence-electron chi connectivity index (χ0n) is 14.8. The number of carbonyl (C=O) groups is 1. The molecule has 0 aliphatic carbocycles. The number of nitrogens with one attached hydrogen (secondary N) is 1. The van der Waals surface area contributed by atoms with E-state index in [9.17, 15) is 15.0 Å². The van der Waals surface area contributed by atoms with Crippen molar-refractivity contribution in [3.8, 4) is 16.9 Å². The summed E-state index contributed by atoms with van der Waals surface area (Å²) in [5.41, 5.74) is 2.83. The van der Waals surface area contributed by atoms with Gasteiger partial charge in [0.2, 0.25) is 0 Å². The van der Waals surface area contributed by atoms with Crippen molar-refractivity contribution in [3.63, 3.8) is 0 Å². The molecule has 0 aliphatic rings. The number of aromatic carboxylic acids is 1. The summed E-state index contributed by atoms with van der Waals surface area (Å²) >= 11 is 6.43. The van der Waals surface area contributed by atoms with E-state index in [4.69, 9.17) is 16.3 Å². The first kappa shape index (κ1) is 18.3. The molecule has 0 radical (unpaired) electrons. The molecule has 0 saturated carbocycles. The van der Waals surface area contributed by atoms with Crippen LogP contribution in [0.5, 0.6) is 5.75 Å². The van der Waals surface area contributed by atoms with Crippen molar-refractivity contribution in [1.82, 2.24) is 4.98 Å². The minimum atomic E-state index is -0.998. The van der Waals surface area contributed by atoms with Crippen LogP contribution in [-0.4, -0.2) is 34.9 Å². The molecule has 1 heterocycles. The average Bonchev–Trinajstić information content (AvgIpc) is 3.03. The molecule has 2 aromatic carbocycles. The average molecular weight is 374 g/mol. The second-order valence-electron chi connectivity index (χ2n) is 6.84. The van der Waals surface area contributed by atoms with Crippen molar-refractivity contribution in [1.29, 1.82) is 0 Å². The molecule has 0 aliphatic heterocycles. The molecule has 5 nitrogen and oxygen atoms in total. The molecule has 1 aromatic heterocycles. The number of fused-ring (bicyclic) bond motifs is 1. The summed E-state index contributed by atoms with van der Waals surface area (Å²) in [5, 5.41) is 20.1. The van der Waals surface area contributed by atoms with E-state index in [1.165, 1.54) is 6.20 Å². The maximum atomic E-state index is 11.4. The maximum absolute atomic E-state index is 11.4. The lowest BCUT2D eigenvalue weighted by atomic mass is 9.84. The molecule has 3 rings (SSSR count).